The van der Waals surface area contributed by atoms with Crippen LogP contribution in [0, 0.1) is 5.82 Å². The second-order valence-corrected chi connectivity index (χ2v) is 5.68. The number of methoxy groups -OCH3 is 1. The maximum Gasteiger partial charge on any atom is 0.204 e. The van der Waals surface area contributed by atoms with E-state index in [2.05, 4.69) is 15.5 Å². The van der Waals surface area contributed by atoms with Crippen molar-refractivity contribution < 1.29 is 9.13 Å². The number of halogens is 1. The molecule has 3 aromatic rings. The fourth-order valence-electron chi connectivity index (χ4n) is 2.01. The summed E-state index contributed by atoms with van der Waals surface area (Å²) >= 11 is 1.52. The molecule has 0 radical (unpaired) electrons. The van der Waals surface area contributed by atoms with Gasteiger partial charge in [-0.2, -0.15) is 5.10 Å². The minimum Gasteiger partial charge on any atom is -0.494 e. The summed E-state index contributed by atoms with van der Waals surface area (Å²) in [5.41, 5.74) is 5.21. The lowest BCUT2D eigenvalue weighted by Crippen LogP contribution is -2.01. The number of aromatic nitrogens is 1. The number of benzene rings is 2. The molecule has 1 N–H and O–H groups in total. The third-order valence-corrected chi connectivity index (χ3v) is 4.12. The van der Waals surface area contributed by atoms with Gasteiger partial charge in [0.2, 0.25) is 5.13 Å². The molecule has 0 unspecified atom stereocenters. The number of hydrogen-bond donors (Lipinski definition) is 1. The van der Waals surface area contributed by atoms with Crippen LogP contribution in [0.1, 0.15) is 12.5 Å². The minimum atomic E-state index is -0.408. The molecule has 0 bridgehead atoms. The van der Waals surface area contributed by atoms with Crippen molar-refractivity contribution in [3.05, 3.63) is 53.8 Å². The third-order valence-electron chi connectivity index (χ3n) is 3.18. The lowest BCUT2D eigenvalue weighted by molar-refractivity contribution is 0.386. The Hall–Kier alpha value is -2.47. The summed E-state index contributed by atoms with van der Waals surface area (Å²) in [6, 6.07) is 12.6. The van der Waals surface area contributed by atoms with Crippen LogP contribution >= 0.6 is 11.3 Å². The molecule has 2 aromatic carbocycles. The third kappa shape index (κ3) is 2.92. The van der Waals surface area contributed by atoms with Crippen LogP contribution in [0.15, 0.2) is 47.6 Å². The molecule has 0 aliphatic carbocycles. The molecule has 0 spiro atoms. The van der Waals surface area contributed by atoms with E-state index in [1.807, 2.05) is 31.2 Å². The van der Waals surface area contributed by atoms with Crippen LogP contribution in [0.4, 0.5) is 9.52 Å². The number of hydrogen-bond acceptors (Lipinski definition) is 5. The topological polar surface area (TPSA) is 46.5 Å². The van der Waals surface area contributed by atoms with E-state index in [0.29, 0.717) is 16.4 Å². The second kappa shape index (κ2) is 6.11. The standard InChI is InChI=1S/C16H14FN3OS/c1-10(11-7-8-14(21-2)12(17)9-11)19-20-16-18-13-5-3-4-6-15(13)22-16/h3-9H,1-2H3,(H,18,20)/b19-10-. The zero-order chi connectivity index (χ0) is 15.5. The maximum absolute atomic E-state index is 13.7. The lowest BCUT2D eigenvalue weighted by Gasteiger charge is -2.05. The van der Waals surface area contributed by atoms with Gasteiger partial charge in [0.1, 0.15) is 0 Å². The SMILES string of the molecule is COc1ccc(/C(C)=N\Nc2nc3ccccc3s2)cc1F. The molecule has 1 heterocycles. The van der Waals surface area contributed by atoms with Crippen molar-refractivity contribution in [2.24, 2.45) is 5.10 Å². The molecular weight excluding hydrogens is 301 g/mol. The average Bonchev–Trinajstić information content (AvgIpc) is 2.95. The number of rotatable bonds is 4. The van der Waals surface area contributed by atoms with E-state index in [0.717, 1.165) is 10.2 Å². The van der Waals surface area contributed by atoms with E-state index >= 15 is 0 Å². The fraction of sp³-hybridized carbons (Fsp3) is 0.125. The predicted octanol–water partition coefficient (Wildman–Crippen LogP) is 4.28. The van der Waals surface area contributed by atoms with Gasteiger partial charge in [0.05, 0.1) is 23.0 Å². The van der Waals surface area contributed by atoms with Crippen LogP contribution in [-0.2, 0) is 0 Å². The molecule has 0 fully saturated rings. The predicted molar refractivity (Wildman–Crippen MR) is 88.4 cm³/mol. The highest BCUT2D eigenvalue weighted by Crippen LogP contribution is 2.25. The van der Waals surface area contributed by atoms with Gasteiger partial charge in [-0.05, 0) is 37.3 Å². The van der Waals surface area contributed by atoms with Crippen molar-refractivity contribution in [2.75, 3.05) is 12.5 Å². The summed E-state index contributed by atoms with van der Waals surface area (Å²) in [5.74, 6) is -0.190. The van der Waals surface area contributed by atoms with E-state index in [-0.39, 0.29) is 5.75 Å². The largest absolute Gasteiger partial charge is 0.494 e. The first-order valence-electron chi connectivity index (χ1n) is 6.67. The van der Waals surface area contributed by atoms with Gasteiger partial charge >= 0.3 is 0 Å². The molecule has 0 aliphatic heterocycles. The monoisotopic (exact) mass is 315 g/mol. The lowest BCUT2D eigenvalue weighted by atomic mass is 10.1. The molecule has 1 aromatic heterocycles. The van der Waals surface area contributed by atoms with E-state index < -0.39 is 5.82 Å². The number of hydrazone groups is 1. The quantitative estimate of drug-likeness (QED) is 0.577. The van der Waals surface area contributed by atoms with Crippen LogP contribution in [0.5, 0.6) is 5.75 Å². The van der Waals surface area contributed by atoms with Crippen molar-refractivity contribution in [3.8, 4) is 5.75 Å². The van der Waals surface area contributed by atoms with Crippen LogP contribution in [0.25, 0.3) is 10.2 Å². The smallest absolute Gasteiger partial charge is 0.204 e. The Labute approximate surface area is 131 Å². The summed E-state index contributed by atoms with van der Waals surface area (Å²) < 4.78 is 19.7. The Morgan fingerprint density at radius 3 is 2.82 bits per heavy atom. The molecule has 0 amide bonds. The normalized spacial score (nSPS) is 11.7. The Morgan fingerprint density at radius 1 is 1.27 bits per heavy atom. The Balaban J connectivity index is 1.80. The molecule has 0 aliphatic rings. The van der Waals surface area contributed by atoms with Crippen molar-refractivity contribution in [1.82, 2.24) is 4.98 Å². The summed E-state index contributed by atoms with van der Waals surface area (Å²) in [6.07, 6.45) is 0. The molecule has 3 rings (SSSR count). The number of nitrogens with zero attached hydrogens (tertiary/aromatic N) is 2. The van der Waals surface area contributed by atoms with Gasteiger partial charge < -0.3 is 4.74 Å². The first-order chi connectivity index (χ1) is 10.7. The Bertz CT molecular complexity index is 811. The number of ether oxygens (including phenoxy) is 1. The van der Waals surface area contributed by atoms with E-state index in [1.165, 1.54) is 24.5 Å². The molecule has 112 valence electrons. The average molecular weight is 315 g/mol. The molecule has 0 saturated carbocycles. The fourth-order valence-corrected chi connectivity index (χ4v) is 2.82. The molecule has 0 saturated heterocycles. The number of para-hydroxylation sites is 1. The van der Waals surface area contributed by atoms with E-state index in [4.69, 9.17) is 4.74 Å². The van der Waals surface area contributed by atoms with Crippen LogP contribution in [0.3, 0.4) is 0 Å². The van der Waals surface area contributed by atoms with Crippen molar-refractivity contribution in [3.63, 3.8) is 0 Å². The van der Waals surface area contributed by atoms with Crippen LogP contribution in [0.2, 0.25) is 0 Å². The highest BCUT2D eigenvalue weighted by atomic mass is 32.1. The highest BCUT2D eigenvalue weighted by Gasteiger charge is 2.06. The van der Waals surface area contributed by atoms with Gasteiger partial charge in [-0.15, -0.1) is 0 Å². The molecule has 0 atom stereocenters. The number of thiazole rings is 1. The Morgan fingerprint density at radius 2 is 2.09 bits per heavy atom. The van der Waals surface area contributed by atoms with Gasteiger partial charge in [0, 0.05) is 5.56 Å². The summed E-state index contributed by atoms with van der Waals surface area (Å²) in [6.45, 7) is 1.81. The van der Waals surface area contributed by atoms with Gasteiger partial charge in [0.15, 0.2) is 11.6 Å². The minimum absolute atomic E-state index is 0.218. The van der Waals surface area contributed by atoms with Gasteiger partial charge in [-0.25, -0.2) is 9.37 Å². The van der Waals surface area contributed by atoms with Crippen molar-refractivity contribution in [1.29, 1.82) is 0 Å². The first-order valence-corrected chi connectivity index (χ1v) is 7.49. The van der Waals surface area contributed by atoms with Crippen LogP contribution < -0.4 is 10.2 Å². The summed E-state index contributed by atoms with van der Waals surface area (Å²) in [5, 5.41) is 4.97. The number of nitrogens with one attached hydrogen (secondary N) is 1. The van der Waals surface area contributed by atoms with Crippen molar-refractivity contribution >= 4 is 32.4 Å². The molecule has 22 heavy (non-hydrogen) atoms. The zero-order valence-corrected chi connectivity index (χ0v) is 12.9. The number of fused-ring (bicyclic) bond motifs is 1. The molecule has 6 heteroatoms. The highest BCUT2D eigenvalue weighted by molar-refractivity contribution is 7.22. The molecular formula is C16H14FN3OS. The number of anilines is 1. The summed E-state index contributed by atoms with van der Waals surface area (Å²) in [4.78, 5) is 4.43. The zero-order valence-electron chi connectivity index (χ0n) is 12.1. The first kappa shape index (κ1) is 14.5. The second-order valence-electron chi connectivity index (χ2n) is 4.65. The van der Waals surface area contributed by atoms with E-state index in [9.17, 15) is 4.39 Å². The van der Waals surface area contributed by atoms with Gasteiger partial charge in [-0.1, -0.05) is 23.5 Å². The van der Waals surface area contributed by atoms with Gasteiger partial charge in [-0.3, -0.25) is 5.43 Å². The maximum atomic E-state index is 13.7. The van der Waals surface area contributed by atoms with Gasteiger partial charge in [0.25, 0.3) is 0 Å². The van der Waals surface area contributed by atoms with Crippen LogP contribution in [-0.4, -0.2) is 17.8 Å². The molecule has 4 nitrogen and oxygen atoms in total. The van der Waals surface area contributed by atoms with E-state index in [1.54, 1.807) is 12.1 Å². The van der Waals surface area contributed by atoms with Crippen molar-refractivity contribution in [2.45, 2.75) is 6.92 Å². The Kier molecular flexibility index (Phi) is 4.02. The summed E-state index contributed by atoms with van der Waals surface area (Å²) in [7, 11) is 1.44.